The minimum atomic E-state index is -3.66. The number of aromatic nitrogens is 1. The molecule has 0 spiro atoms. The first-order chi connectivity index (χ1) is 16.3. The van der Waals surface area contributed by atoms with Crippen LogP contribution in [0.3, 0.4) is 0 Å². The third-order valence-corrected chi connectivity index (χ3v) is 8.98. The first-order valence-corrected chi connectivity index (χ1v) is 13.2. The van der Waals surface area contributed by atoms with Crippen molar-refractivity contribution < 1.29 is 22.7 Å². The number of likely N-dealkylation sites (N-methyl/N-ethyl adjacent to an activating group) is 1. The van der Waals surface area contributed by atoms with Crippen molar-refractivity contribution in [2.45, 2.75) is 44.2 Å². The molecule has 0 N–H and O–H groups in total. The van der Waals surface area contributed by atoms with E-state index in [1.54, 1.807) is 30.1 Å². The Morgan fingerprint density at radius 3 is 2.59 bits per heavy atom. The number of hydrogen-bond donors (Lipinski definition) is 0. The molecule has 1 atom stereocenters. The zero-order chi connectivity index (χ0) is 24.0. The van der Waals surface area contributed by atoms with Crippen molar-refractivity contribution in [2.24, 2.45) is 0 Å². The highest BCUT2D eigenvalue weighted by Crippen LogP contribution is 2.39. The van der Waals surface area contributed by atoms with E-state index in [2.05, 4.69) is 24.5 Å². The van der Waals surface area contributed by atoms with E-state index >= 15 is 0 Å². The molecule has 0 aliphatic carbocycles. The molecule has 8 nitrogen and oxygen atoms in total. The van der Waals surface area contributed by atoms with Gasteiger partial charge in [0.2, 0.25) is 10.0 Å². The summed E-state index contributed by atoms with van der Waals surface area (Å²) in [5, 5.41) is 0. The van der Waals surface area contributed by atoms with Crippen molar-refractivity contribution in [1.29, 1.82) is 0 Å². The van der Waals surface area contributed by atoms with Crippen LogP contribution < -0.4 is 4.90 Å². The molecule has 0 radical (unpaired) electrons. The van der Waals surface area contributed by atoms with Crippen molar-refractivity contribution in [1.82, 2.24) is 8.87 Å². The van der Waals surface area contributed by atoms with E-state index in [0.717, 1.165) is 42.9 Å². The Hall–Kier alpha value is -2.46. The lowest BCUT2D eigenvalue weighted by atomic mass is 10.0. The van der Waals surface area contributed by atoms with Crippen LogP contribution in [0.4, 0.5) is 5.69 Å². The van der Waals surface area contributed by atoms with Crippen molar-refractivity contribution in [2.75, 3.05) is 44.9 Å². The average Bonchev–Trinajstić information content (AvgIpc) is 3.51. The number of carbonyl (C=O) groups excluding carboxylic acids is 1. The summed E-state index contributed by atoms with van der Waals surface area (Å²) in [6, 6.07) is 7.03. The van der Waals surface area contributed by atoms with Crippen molar-refractivity contribution in [3.05, 3.63) is 46.8 Å². The molecule has 2 aromatic rings. The SMILES string of the molecule is Cc1cc(C=C2C(=O)N(C)c3ccc(S(=O)(=O)N4CCOCC4)cc32)c(C)n1CC1CCCO1. The predicted octanol–water partition coefficient (Wildman–Crippen LogP) is 2.82. The fourth-order valence-corrected chi connectivity index (χ4v) is 6.50. The second kappa shape index (κ2) is 8.96. The zero-order valence-electron chi connectivity index (χ0n) is 19.9. The Kier molecular flexibility index (Phi) is 6.14. The number of hydrogen-bond acceptors (Lipinski definition) is 5. The molecule has 1 amide bonds. The summed E-state index contributed by atoms with van der Waals surface area (Å²) in [4.78, 5) is 14.9. The van der Waals surface area contributed by atoms with Gasteiger partial charge in [-0.05, 0) is 62.6 Å². The standard InChI is InChI=1S/C25H31N3O5S/c1-17-13-19(18(2)28(17)16-20-5-4-10-33-20)14-23-22-15-21(6-7-24(22)26(3)25(23)29)34(30,31)27-8-11-32-12-9-27/h6-7,13-15,20H,4-5,8-12,16H2,1-3H3. The molecule has 5 rings (SSSR count). The minimum absolute atomic E-state index is 0.139. The number of aryl methyl sites for hydroxylation is 1. The molecule has 0 bridgehead atoms. The Morgan fingerprint density at radius 1 is 1.12 bits per heavy atom. The molecule has 1 aromatic heterocycles. The summed E-state index contributed by atoms with van der Waals surface area (Å²) in [7, 11) is -1.94. The minimum Gasteiger partial charge on any atom is -0.379 e. The number of sulfonamides is 1. The summed E-state index contributed by atoms with van der Waals surface area (Å²) in [5.41, 5.74) is 5.01. The predicted molar refractivity (Wildman–Crippen MR) is 130 cm³/mol. The fraction of sp³-hybridized carbons (Fsp3) is 0.480. The van der Waals surface area contributed by atoms with Gasteiger partial charge >= 0.3 is 0 Å². The number of anilines is 1. The van der Waals surface area contributed by atoms with E-state index in [1.807, 2.05) is 6.08 Å². The molecule has 2 saturated heterocycles. The van der Waals surface area contributed by atoms with Gasteiger partial charge in [0.25, 0.3) is 5.91 Å². The van der Waals surface area contributed by atoms with Gasteiger partial charge in [0.1, 0.15) is 0 Å². The lowest BCUT2D eigenvalue weighted by Crippen LogP contribution is -2.40. The number of morpholine rings is 1. The fourth-order valence-electron chi connectivity index (χ4n) is 5.07. The number of benzene rings is 1. The smallest absolute Gasteiger partial charge is 0.258 e. The topological polar surface area (TPSA) is 81.1 Å². The second-order valence-electron chi connectivity index (χ2n) is 9.19. The van der Waals surface area contributed by atoms with Crippen LogP contribution in [0, 0.1) is 13.8 Å². The van der Waals surface area contributed by atoms with E-state index in [0.29, 0.717) is 43.1 Å². The summed E-state index contributed by atoms with van der Waals surface area (Å²) in [5.74, 6) is -0.139. The Labute approximate surface area is 200 Å². The largest absolute Gasteiger partial charge is 0.379 e. The van der Waals surface area contributed by atoms with Gasteiger partial charge in [-0.15, -0.1) is 0 Å². The van der Waals surface area contributed by atoms with Crippen LogP contribution in [0.5, 0.6) is 0 Å². The van der Waals surface area contributed by atoms with E-state index in [1.165, 1.54) is 4.31 Å². The van der Waals surface area contributed by atoms with Gasteiger partial charge in [0, 0.05) is 55.8 Å². The molecular weight excluding hydrogens is 454 g/mol. The highest BCUT2D eigenvalue weighted by Gasteiger charge is 2.33. The Morgan fingerprint density at radius 2 is 1.88 bits per heavy atom. The lowest BCUT2D eigenvalue weighted by Gasteiger charge is -2.26. The van der Waals surface area contributed by atoms with Gasteiger partial charge in [-0.3, -0.25) is 4.79 Å². The number of carbonyl (C=O) groups is 1. The number of amides is 1. The second-order valence-corrected chi connectivity index (χ2v) is 11.1. The van der Waals surface area contributed by atoms with Crippen LogP contribution >= 0.6 is 0 Å². The van der Waals surface area contributed by atoms with E-state index in [4.69, 9.17) is 9.47 Å². The van der Waals surface area contributed by atoms with Gasteiger partial charge in [-0.1, -0.05) is 0 Å². The number of fused-ring (bicyclic) bond motifs is 1. The summed E-state index contributed by atoms with van der Waals surface area (Å²) < 4.78 is 41.2. The maximum Gasteiger partial charge on any atom is 0.258 e. The van der Waals surface area contributed by atoms with Crippen molar-refractivity contribution in [3.8, 4) is 0 Å². The lowest BCUT2D eigenvalue weighted by molar-refractivity contribution is -0.112. The molecule has 1 aromatic carbocycles. The van der Waals surface area contributed by atoms with Gasteiger partial charge in [0.15, 0.2) is 0 Å². The van der Waals surface area contributed by atoms with E-state index in [9.17, 15) is 13.2 Å². The number of rotatable bonds is 5. The zero-order valence-corrected chi connectivity index (χ0v) is 20.7. The van der Waals surface area contributed by atoms with Gasteiger partial charge < -0.3 is 18.9 Å². The van der Waals surface area contributed by atoms with E-state index < -0.39 is 10.0 Å². The van der Waals surface area contributed by atoms with Crippen LogP contribution in [-0.2, 0) is 30.8 Å². The molecule has 0 saturated carbocycles. The highest BCUT2D eigenvalue weighted by molar-refractivity contribution is 7.89. The van der Waals surface area contributed by atoms with Crippen LogP contribution in [0.15, 0.2) is 29.2 Å². The maximum absolute atomic E-state index is 13.2. The molecule has 182 valence electrons. The Balaban J connectivity index is 1.52. The first-order valence-electron chi connectivity index (χ1n) is 11.8. The molecular formula is C25H31N3O5S. The van der Waals surface area contributed by atoms with Gasteiger partial charge in [-0.25, -0.2) is 8.42 Å². The molecule has 1 unspecified atom stereocenters. The molecule has 34 heavy (non-hydrogen) atoms. The summed E-state index contributed by atoms with van der Waals surface area (Å²) >= 11 is 0. The molecule has 3 aliphatic rings. The Bertz CT molecular complexity index is 1250. The van der Waals surface area contributed by atoms with Crippen LogP contribution in [0.2, 0.25) is 0 Å². The molecule has 2 fully saturated rings. The van der Waals surface area contributed by atoms with Crippen LogP contribution in [-0.4, -0.2) is 69.3 Å². The quantitative estimate of drug-likeness (QED) is 0.609. The molecule has 9 heteroatoms. The summed E-state index contributed by atoms with van der Waals surface area (Å²) in [6.07, 6.45) is 4.27. The van der Waals surface area contributed by atoms with Crippen molar-refractivity contribution >= 4 is 33.3 Å². The van der Waals surface area contributed by atoms with Crippen molar-refractivity contribution in [3.63, 3.8) is 0 Å². The third kappa shape index (κ3) is 4.00. The third-order valence-electron chi connectivity index (χ3n) is 7.09. The maximum atomic E-state index is 13.2. The van der Waals surface area contributed by atoms with Gasteiger partial charge in [0.05, 0.1) is 29.9 Å². The van der Waals surface area contributed by atoms with E-state index in [-0.39, 0.29) is 16.9 Å². The first kappa shape index (κ1) is 23.3. The number of ether oxygens (including phenoxy) is 2. The van der Waals surface area contributed by atoms with Crippen LogP contribution in [0.25, 0.3) is 11.6 Å². The number of nitrogens with zero attached hydrogens (tertiary/aromatic N) is 3. The average molecular weight is 486 g/mol. The monoisotopic (exact) mass is 485 g/mol. The molecule has 4 heterocycles. The summed E-state index contributed by atoms with van der Waals surface area (Å²) in [6.45, 7) is 7.16. The van der Waals surface area contributed by atoms with Crippen LogP contribution in [0.1, 0.15) is 35.4 Å². The highest BCUT2D eigenvalue weighted by atomic mass is 32.2. The van der Waals surface area contributed by atoms with Gasteiger partial charge in [-0.2, -0.15) is 4.31 Å². The molecule has 3 aliphatic heterocycles. The normalized spacial score (nSPS) is 22.7.